The fraction of sp³-hybridized carbons (Fsp3) is 0.257. The fourth-order valence-corrected chi connectivity index (χ4v) is 8.21. The number of allylic oxidation sites excluding steroid dienone is 1. The second kappa shape index (κ2) is 15.0. The first-order valence-corrected chi connectivity index (χ1v) is 17.7. The zero-order valence-corrected chi connectivity index (χ0v) is 31.4. The molecule has 242 valence electrons. The van der Waals surface area contributed by atoms with E-state index < -0.39 is 12.0 Å². The molecular weight excluding hydrogens is 844 g/mol. The number of carbonyl (C=O) groups is 1. The van der Waals surface area contributed by atoms with Gasteiger partial charge in [0.05, 0.1) is 56.9 Å². The lowest BCUT2D eigenvalue weighted by Gasteiger charge is -2.25. The highest BCUT2D eigenvalue weighted by atomic mass is 127. The maximum Gasteiger partial charge on any atom is 0.338 e. The van der Waals surface area contributed by atoms with Gasteiger partial charge < -0.3 is 18.9 Å². The summed E-state index contributed by atoms with van der Waals surface area (Å²) in [6, 6.07) is 17.9. The highest BCUT2D eigenvalue weighted by molar-refractivity contribution is 14.1. The molecule has 0 unspecified atom stereocenters. The van der Waals surface area contributed by atoms with Crippen molar-refractivity contribution < 1.29 is 23.7 Å². The van der Waals surface area contributed by atoms with E-state index in [1.165, 1.54) is 11.3 Å². The largest absolute Gasteiger partial charge is 0.493 e. The molecule has 1 aliphatic rings. The molecule has 0 bridgehead atoms. The number of nitriles is 1. The Labute approximate surface area is 303 Å². The highest BCUT2D eigenvalue weighted by Gasteiger charge is 2.34. The molecule has 0 spiro atoms. The predicted molar refractivity (Wildman–Crippen MR) is 197 cm³/mol. The maximum absolute atomic E-state index is 14.3. The zero-order valence-electron chi connectivity index (χ0n) is 26.3. The molecule has 0 N–H and O–H groups in total. The Morgan fingerprint density at radius 1 is 1.13 bits per heavy atom. The van der Waals surface area contributed by atoms with Gasteiger partial charge in [-0.2, -0.15) is 5.26 Å². The Bertz CT molecular complexity index is 2100. The summed E-state index contributed by atoms with van der Waals surface area (Å²) >= 11 is 5.71. The van der Waals surface area contributed by atoms with Crippen LogP contribution in [0.15, 0.2) is 75.7 Å². The van der Waals surface area contributed by atoms with Crippen LogP contribution in [-0.4, -0.2) is 30.4 Å². The first-order chi connectivity index (χ1) is 22.5. The van der Waals surface area contributed by atoms with Crippen LogP contribution in [0.25, 0.3) is 6.08 Å². The van der Waals surface area contributed by atoms with E-state index in [-0.39, 0.29) is 30.5 Å². The van der Waals surface area contributed by atoms with Crippen LogP contribution in [0, 0.1) is 18.5 Å². The molecule has 4 aromatic rings. The number of aromatic nitrogens is 1. The minimum atomic E-state index is -0.808. The molecule has 2 heterocycles. The van der Waals surface area contributed by atoms with Gasteiger partial charge in [-0.05, 0) is 126 Å². The normalized spacial score (nSPS) is 14.4. The minimum Gasteiger partial charge on any atom is -0.493 e. The van der Waals surface area contributed by atoms with E-state index in [2.05, 4.69) is 51.3 Å². The van der Waals surface area contributed by atoms with Gasteiger partial charge >= 0.3 is 5.97 Å². The van der Waals surface area contributed by atoms with Gasteiger partial charge in [0.2, 0.25) is 0 Å². The molecule has 47 heavy (non-hydrogen) atoms. The molecule has 0 amide bonds. The van der Waals surface area contributed by atoms with E-state index in [1.807, 2.05) is 50.3 Å². The van der Waals surface area contributed by atoms with Crippen molar-refractivity contribution in [1.29, 1.82) is 5.26 Å². The Kier molecular flexibility index (Phi) is 11.1. The summed E-state index contributed by atoms with van der Waals surface area (Å²) in [5.41, 5.74) is 3.31. The molecule has 0 saturated carbocycles. The van der Waals surface area contributed by atoms with Gasteiger partial charge in [-0.3, -0.25) is 9.36 Å². The van der Waals surface area contributed by atoms with E-state index in [1.54, 1.807) is 49.8 Å². The van der Waals surface area contributed by atoms with Crippen LogP contribution in [0.3, 0.4) is 0 Å². The Hall–Kier alpha value is -3.68. The van der Waals surface area contributed by atoms with E-state index >= 15 is 0 Å². The molecule has 1 aromatic heterocycles. The van der Waals surface area contributed by atoms with Crippen LogP contribution in [0.4, 0.5) is 0 Å². The van der Waals surface area contributed by atoms with Crippen LogP contribution in [0.2, 0.25) is 0 Å². The topological polar surface area (TPSA) is 112 Å². The van der Waals surface area contributed by atoms with Gasteiger partial charge in [0.25, 0.3) is 5.56 Å². The Balaban J connectivity index is 1.64. The first-order valence-electron chi connectivity index (χ1n) is 14.7. The average molecular weight is 876 g/mol. The number of hydrogen-bond donors (Lipinski definition) is 0. The van der Waals surface area contributed by atoms with E-state index in [4.69, 9.17) is 29.2 Å². The molecular formula is C35H31I2N3O6S. The maximum atomic E-state index is 14.3. The van der Waals surface area contributed by atoms with Crippen molar-refractivity contribution in [3.63, 3.8) is 0 Å². The van der Waals surface area contributed by atoms with Gasteiger partial charge in [0.1, 0.15) is 12.4 Å². The monoisotopic (exact) mass is 875 g/mol. The van der Waals surface area contributed by atoms with E-state index in [9.17, 15) is 9.59 Å². The third-order valence-corrected chi connectivity index (χ3v) is 9.58. The van der Waals surface area contributed by atoms with Gasteiger partial charge in [-0.1, -0.05) is 29.5 Å². The summed E-state index contributed by atoms with van der Waals surface area (Å²) in [6.07, 6.45) is 1.73. The molecule has 5 rings (SSSR count). The molecule has 9 nitrogen and oxygen atoms in total. The second-order valence-electron chi connectivity index (χ2n) is 10.8. The second-order valence-corrected chi connectivity index (χ2v) is 14.2. The van der Waals surface area contributed by atoms with Gasteiger partial charge in [0.15, 0.2) is 16.3 Å². The van der Waals surface area contributed by atoms with Crippen LogP contribution in [0.1, 0.15) is 56.0 Å². The van der Waals surface area contributed by atoms with Crippen LogP contribution in [0.5, 0.6) is 17.2 Å². The smallest absolute Gasteiger partial charge is 0.338 e. The highest BCUT2D eigenvalue weighted by Crippen LogP contribution is 2.37. The van der Waals surface area contributed by atoms with Gasteiger partial charge in [-0.15, -0.1) is 0 Å². The lowest BCUT2D eigenvalue weighted by molar-refractivity contribution is -0.139. The SMILES string of the molecule is CCOC(=O)C1=C(C)N=c2s/c(=C/c3cc(I)cc(I)c3OCc3ccc(C#N)cc3)c(=O)n2[C@@H]1c1ccc(OC(C)C)c(OC)c1. The molecule has 3 aromatic carbocycles. The number of methoxy groups -OCH3 is 1. The summed E-state index contributed by atoms with van der Waals surface area (Å²) in [7, 11) is 1.55. The zero-order chi connectivity index (χ0) is 33.8. The summed E-state index contributed by atoms with van der Waals surface area (Å²) < 4.78 is 27.2. The number of ether oxygens (including phenoxy) is 4. The third kappa shape index (κ3) is 7.57. The van der Waals surface area contributed by atoms with Crippen molar-refractivity contribution in [2.24, 2.45) is 4.99 Å². The van der Waals surface area contributed by atoms with Crippen molar-refractivity contribution in [2.75, 3.05) is 13.7 Å². The number of thiazole rings is 1. The number of halogens is 2. The van der Waals surface area contributed by atoms with E-state index in [0.717, 1.165) is 18.3 Å². The molecule has 12 heteroatoms. The number of fused-ring (bicyclic) bond motifs is 1. The molecule has 0 radical (unpaired) electrons. The summed E-state index contributed by atoms with van der Waals surface area (Å²) in [5, 5.41) is 9.13. The molecule has 0 fully saturated rings. The van der Waals surface area contributed by atoms with Crippen molar-refractivity contribution in [2.45, 2.75) is 46.4 Å². The van der Waals surface area contributed by atoms with Crippen molar-refractivity contribution in [1.82, 2.24) is 4.57 Å². The van der Waals surface area contributed by atoms with Crippen LogP contribution < -0.4 is 29.1 Å². The quantitative estimate of drug-likeness (QED) is 0.137. The standard InChI is InChI=1S/C35H31I2N3O6S/c1-6-44-34(42)30-20(4)39-35-40(31(30)23-11-12-27(46-19(2)3)28(14-23)43-5)33(41)29(47-35)15-24-13-25(36)16-26(37)32(24)45-18-22-9-7-21(17-38)8-10-22/h7-16,19,31H,6,18H2,1-5H3/b29-15+/t31-/m1/s1. The number of nitrogens with zero attached hydrogens (tertiary/aromatic N) is 3. The van der Waals surface area contributed by atoms with Gasteiger partial charge in [-0.25, -0.2) is 9.79 Å². The number of rotatable bonds is 10. The number of carbonyl (C=O) groups excluding carboxylic acids is 1. The van der Waals surface area contributed by atoms with Crippen LogP contribution >= 0.6 is 56.5 Å². The molecule has 1 atom stereocenters. The van der Waals surface area contributed by atoms with E-state index in [0.29, 0.717) is 43.4 Å². The molecule has 0 saturated heterocycles. The van der Waals surface area contributed by atoms with Gasteiger partial charge in [0, 0.05) is 9.13 Å². The Morgan fingerprint density at radius 2 is 1.87 bits per heavy atom. The third-order valence-electron chi connectivity index (χ3n) is 7.17. The fourth-order valence-electron chi connectivity index (χ4n) is 5.12. The van der Waals surface area contributed by atoms with Crippen molar-refractivity contribution in [3.8, 4) is 23.3 Å². The molecule has 0 aliphatic carbocycles. The number of hydrogen-bond acceptors (Lipinski definition) is 9. The summed E-state index contributed by atoms with van der Waals surface area (Å²) in [6.45, 7) is 7.80. The molecule has 1 aliphatic heterocycles. The summed E-state index contributed by atoms with van der Waals surface area (Å²) in [5.74, 6) is 1.12. The lowest BCUT2D eigenvalue weighted by Crippen LogP contribution is -2.40. The first kappa shape index (κ1) is 34.6. The van der Waals surface area contributed by atoms with Crippen LogP contribution in [-0.2, 0) is 16.1 Å². The average Bonchev–Trinajstić information content (AvgIpc) is 3.33. The van der Waals surface area contributed by atoms with Crippen molar-refractivity contribution in [3.05, 3.63) is 115 Å². The van der Waals surface area contributed by atoms with Crippen molar-refractivity contribution >= 4 is 68.6 Å². The number of benzene rings is 3. The summed E-state index contributed by atoms with van der Waals surface area (Å²) in [4.78, 5) is 32.8. The number of esters is 1. The predicted octanol–water partition coefficient (Wildman–Crippen LogP) is 6.25. The minimum absolute atomic E-state index is 0.0771. The lowest BCUT2D eigenvalue weighted by atomic mass is 9.95. The Morgan fingerprint density at radius 3 is 2.53 bits per heavy atom.